The van der Waals surface area contributed by atoms with Gasteiger partial charge >= 0.3 is 0 Å². The van der Waals surface area contributed by atoms with E-state index in [1.165, 1.54) is 0 Å². The van der Waals surface area contributed by atoms with Gasteiger partial charge in [0.05, 0.1) is 12.0 Å². The molecule has 4 heteroatoms. The Hall–Kier alpha value is -2.49. The summed E-state index contributed by atoms with van der Waals surface area (Å²) in [6, 6.07) is 12.3. The maximum absolute atomic E-state index is 11.9. The number of ether oxygens (including phenoxy) is 1. The molecule has 1 fully saturated rings. The summed E-state index contributed by atoms with van der Waals surface area (Å²) in [5, 5.41) is 2.26. The van der Waals surface area contributed by atoms with Crippen LogP contribution in [0.2, 0.25) is 0 Å². The van der Waals surface area contributed by atoms with Crippen molar-refractivity contribution in [1.29, 1.82) is 0 Å². The monoisotopic (exact) mass is 324 g/mol. The minimum atomic E-state index is -0.553. The molecule has 1 aliphatic rings. The van der Waals surface area contributed by atoms with E-state index < -0.39 is 5.41 Å². The molecule has 1 saturated heterocycles. The Morgan fingerprint density at radius 3 is 2.62 bits per heavy atom. The van der Waals surface area contributed by atoms with Crippen LogP contribution < -0.4 is 15.6 Å². The molecule has 2 aromatic rings. The molecule has 2 aromatic carbocycles. The Kier molecular flexibility index (Phi) is 4.22. The van der Waals surface area contributed by atoms with Crippen molar-refractivity contribution < 1.29 is 9.53 Å². The molecule has 0 unspecified atom stereocenters. The fraction of sp³-hybridized carbons (Fsp3) is 0.350. The number of hydrazine groups is 1. The quantitative estimate of drug-likeness (QED) is 0.897. The van der Waals surface area contributed by atoms with Crippen LogP contribution in [-0.4, -0.2) is 12.5 Å². The fourth-order valence-corrected chi connectivity index (χ4v) is 2.70. The van der Waals surface area contributed by atoms with Gasteiger partial charge < -0.3 is 10.2 Å². The van der Waals surface area contributed by atoms with Crippen LogP contribution in [0.4, 0.5) is 0 Å². The van der Waals surface area contributed by atoms with Crippen molar-refractivity contribution in [3.63, 3.8) is 0 Å². The molecule has 2 N–H and O–H groups in total. The van der Waals surface area contributed by atoms with Crippen molar-refractivity contribution in [1.82, 2.24) is 10.9 Å². The Bertz CT molecular complexity index is 806. The van der Waals surface area contributed by atoms with E-state index in [9.17, 15) is 4.79 Å². The molecule has 0 saturated carbocycles. The molecule has 1 amide bonds. The summed E-state index contributed by atoms with van der Waals surface area (Å²) >= 11 is 0. The fourth-order valence-electron chi connectivity index (χ4n) is 2.70. The summed E-state index contributed by atoms with van der Waals surface area (Å²) in [5.41, 5.74) is 7.08. The number of carbonyl (C=O) groups is 1. The van der Waals surface area contributed by atoms with Crippen LogP contribution in [0.3, 0.4) is 0 Å². The molecular weight excluding hydrogens is 300 g/mol. The maximum atomic E-state index is 11.9. The van der Waals surface area contributed by atoms with Crippen molar-refractivity contribution in [2.24, 2.45) is 11.3 Å². The molecule has 0 atom stereocenters. The van der Waals surface area contributed by atoms with Crippen LogP contribution in [-0.2, 0) is 4.79 Å². The first-order valence-corrected chi connectivity index (χ1v) is 8.32. The van der Waals surface area contributed by atoms with Crippen LogP contribution >= 0.6 is 0 Å². The lowest BCUT2D eigenvalue weighted by atomic mass is 9.88. The normalized spacial score (nSPS) is 18.0. The molecule has 126 valence electrons. The molecule has 0 aliphatic carbocycles. The summed E-state index contributed by atoms with van der Waals surface area (Å²) in [7, 11) is 0. The highest BCUT2D eigenvalue weighted by Crippen LogP contribution is 2.32. The molecule has 4 nitrogen and oxygen atoms in total. The molecule has 1 heterocycles. The van der Waals surface area contributed by atoms with Gasteiger partial charge in [0, 0.05) is 5.70 Å². The minimum absolute atomic E-state index is 0.0154. The highest BCUT2D eigenvalue weighted by molar-refractivity contribution is 5.94. The summed E-state index contributed by atoms with van der Waals surface area (Å²) in [4.78, 5) is 11.9. The zero-order valence-electron chi connectivity index (χ0n) is 14.6. The average Bonchev–Trinajstić information content (AvgIpc) is 2.79. The Labute approximate surface area is 142 Å². The summed E-state index contributed by atoms with van der Waals surface area (Å²) in [6.45, 7) is 8.81. The van der Waals surface area contributed by atoms with Crippen molar-refractivity contribution in [3.05, 3.63) is 47.7 Å². The van der Waals surface area contributed by atoms with Crippen LogP contribution in [0.15, 0.2) is 42.1 Å². The van der Waals surface area contributed by atoms with Gasteiger partial charge in [-0.2, -0.15) is 0 Å². The summed E-state index contributed by atoms with van der Waals surface area (Å²) in [6.07, 6.45) is 2.04. The zero-order chi connectivity index (χ0) is 17.3. The van der Waals surface area contributed by atoms with Crippen molar-refractivity contribution >= 4 is 22.8 Å². The van der Waals surface area contributed by atoms with Gasteiger partial charge in [0.15, 0.2) is 0 Å². The van der Waals surface area contributed by atoms with E-state index in [1.807, 2.05) is 32.1 Å². The summed E-state index contributed by atoms with van der Waals surface area (Å²) < 4.78 is 5.81. The second kappa shape index (κ2) is 6.19. The number of amides is 1. The minimum Gasteiger partial charge on any atom is -0.493 e. The lowest BCUT2D eigenvalue weighted by Crippen LogP contribution is -2.28. The first kappa shape index (κ1) is 16.4. The first-order valence-electron chi connectivity index (χ1n) is 8.32. The highest BCUT2D eigenvalue weighted by Gasteiger charge is 2.37. The summed E-state index contributed by atoms with van der Waals surface area (Å²) in [5.74, 6) is 1.37. The van der Waals surface area contributed by atoms with E-state index in [4.69, 9.17) is 4.74 Å². The number of hydrogen-bond donors (Lipinski definition) is 2. The largest absolute Gasteiger partial charge is 0.493 e. The van der Waals surface area contributed by atoms with Gasteiger partial charge in [-0.3, -0.25) is 10.2 Å². The van der Waals surface area contributed by atoms with Gasteiger partial charge in [0.1, 0.15) is 5.75 Å². The topological polar surface area (TPSA) is 50.4 Å². The number of rotatable bonds is 4. The molecule has 24 heavy (non-hydrogen) atoms. The average molecular weight is 324 g/mol. The van der Waals surface area contributed by atoms with E-state index in [2.05, 4.69) is 49.0 Å². The second-order valence-corrected chi connectivity index (χ2v) is 7.20. The van der Waals surface area contributed by atoms with Crippen LogP contribution in [0.5, 0.6) is 5.75 Å². The van der Waals surface area contributed by atoms with Crippen LogP contribution in [0, 0.1) is 11.3 Å². The molecular formula is C20H24N2O2. The highest BCUT2D eigenvalue weighted by atomic mass is 16.5. The third-order valence-corrected chi connectivity index (χ3v) is 4.32. The molecule has 0 radical (unpaired) electrons. The van der Waals surface area contributed by atoms with Crippen LogP contribution in [0.1, 0.15) is 33.3 Å². The van der Waals surface area contributed by atoms with E-state index in [0.717, 1.165) is 27.8 Å². The van der Waals surface area contributed by atoms with Crippen molar-refractivity contribution in [3.8, 4) is 5.75 Å². The number of nitrogens with one attached hydrogen (secondary N) is 2. The van der Waals surface area contributed by atoms with E-state index in [-0.39, 0.29) is 5.91 Å². The van der Waals surface area contributed by atoms with Gasteiger partial charge in [-0.1, -0.05) is 38.1 Å². The predicted octanol–water partition coefficient (Wildman–Crippen LogP) is 3.88. The SMILES string of the molecule is CC(C)COc1ccc2c(/C=C3\NNC(=O)C3(C)C)cccc2c1. The van der Waals surface area contributed by atoms with Crippen molar-refractivity contribution in [2.45, 2.75) is 27.7 Å². The molecule has 0 aromatic heterocycles. The lowest BCUT2D eigenvalue weighted by molar-refractivity contribution is -0.125. The predicted molar refractivity (Wildman–Crippen MR) is 97.3 cm³/mol. The van der Waals surface area contributed by atoms with Gasteiger partial charge in [-0.15, -0.1) is 0 Å². The molecule has 0 spiro atoms. The zero-order valence-corrected chi connectivity index (χ0v) is 14.6. The van der Waals surface area contributed by atoms with Gasteiger partial charge in [0.25, 0.3) is 0 Å². The van der Waals surface area contributed by atoms with Crippen LogP contribution in [0.25, 0.3) is 16.8 Å². The number of fused-ring (bicyclic) bond motifs is 1. The van der Waals surface area contributed by atoms with Gasteiger partial charge in [0.2, 0.25) is 5.91 Å². The first-order chi connectivity index (χ1) is 11.4. The third-order valence-electron chi connectivity index (χ3n) is 4.32. The Morgan fingerprint density at radius 2 is 1.96 bits per heavy atom. The van der Waals surface area contributed by atoms with E-state index in [1.54, 1.807) is 0 Å². The standard InChI is InChI=1S/C20H24N2O2/c1-13(2)12-24-16-8-9-17-14(10-16)6-5-7-15(17)11-18-20(3,4)19(23)22-21-18/h5-11,13,21H,12H2,1-4H3,(H,22,23)/b18-11-. The van der Waals surface area contributed by atoms with Gasteiger partial charge in [-0.05, 0) is 54.3 Å². The lowest BCUT2D eigenvalue weighted by Gasteiger charge is -2.15. The number of hydrogen-bond acceptors (Lipinski definition) is 3. The Balaban J connectivity index is 1.97. The Morgan fingerprint density at radius 1 is 1.17 bits per heavy atom. The molecule has 3 rings (SSSR count). The maximum Gasteiger partial charge on any atom is 0.249 e. The van der Waals surface area contributed by atoms with Gasteiger partial charge in [-0.25, -0.2) is 0 Å². The third kappa shape index (κ3) is 3.09. The molecule has 0 bridgehead atoms. The van der Waals surface area contributed by atoms with E-state index >= 15 is 0 Å². The van der Waals surface area contributed by atoms with Crippen molar-refractivity contribution in [2.75, 3.05) is 6.61 Å². The molecule has 1 aliphatic heterocycles. The number of carbonyl (C=O) groups excluding carboxylic acids is 1. The number of benzene rings is 2. The smallest absolute Gasteiger partial charge is 0.249 e. The van der Waals surface area contributed by atoms with E-state index in [0.29, 0.717) is 12.5 Å². The second-order valence-electron chi connectivity index (χ2n) is 7.20.